The predicted octanol–water partition coefficient (Wildman–Crippen LogP) is -1.57. The van der Waals surface area contributed by atoms with Crippen LogP contribution < -0.4 is 27.4 Å². The maximum absolute atomic E-state index is 12.8. The number of aliphatic carboxylic acids is 2. The van der Waals surface area contributed by atoms with Crippen LogP contribution in [0.3, 0.4) is 0 Å². The van der Waals surface area contributed by atoms with Crippen molar-refractivity contribution in [1.29, 1.82) is 0 Å². The van der Waals surface area contributed by atoms with Crippen LogP contribution in [-0.4, -0.2) is 76.3 Å². The van der Waals surface area contributed by atoms with Crippen LogP contribution in [0, 0.1) is 5.92 Å². The minimum Gasteiger partial charge on any atom is -0.481 e. The fraction of sp³-hybridized carbons (Fsp3) is 0.737. The second-order valence-electron chi connectivity index (χ2n) is 7.82. The van der Waals surface area contributed by atoms with Crippen molar-refractivity contribution < 1.29 is 34.2 Å². The number of nitrogens with two attached hydrogens (primary N) is 2. The number of hydrogen-bond acceptors (Lipinski definition) is 8. The van der Waals surface area contributed by atoms with Gasteiger partial charge in [0.15, 0.2) is 0 Å². The van der Waals surface area contributed by atoms with E-state index in [0.29, 0.717) is 19.4 Å². The van der Waals surface area contributed by atoms with Gasteiger partial charge in [0.05, 0.1) is 12.5 Å². The zero-order chi connectivity index (χ0) is 24.8. The Kier molecular flexibility index (Phi) is 14.3. The molecule has 0 aromatic rings. The lowest BCUT2D eigenvalue weighted by molar-refractivity contribution is -0.144. The lowest BCUT2D eigenvalue weighted by Crippen LogP contribution is -2.57. The molecule has 0 aliphatic heterocycles. The SMILES string of the molecule is CC(C)CC(NC(=O)C(CC(=O)O)NC(=O)C(CCCCN)NC(=O)C(N)CS)C(=O)O. The van der Waals surface area contributed by atoms with E-state index < -0.39 is 60.2 Å². The van der Waals surface area contributed by atoms with Crippen molar-refractivity contribution in [1.82, 2.24) is 16.0 Å². The summed E-state index contributed by atoms with van der Waals surface area (Å²) < 4.78 is 0. The molecule has 3 amide bonds. The van der Waals surface area contributed by atoms with Crippen LogP contribution in [0.1, 0.15) is 46.0 Å². The van der Waals surface area contributed by atoms with E-state index in [4.69, 9.17) is 16.6 Å². The minimum atomic E-state index is -1.54. The van der Waals surface area contributed by atoms with Gasteiger partial charge in [0, 0.05) is 5.75 Å². The fourth-order valence-corrected chi connectivity index (χ4v) is 2.91. The molecule has 0 radical (unpaired) electrons. The first-order chi connectivity index (χ1) is 14.9. The van der Waals surface area contributed by atoms with Crippen LogP contribution in [0.5, 0.6) is 0 Å². The molecular formula is C19H35N5O7S. The van der Waals surface area contributed by atoms with Crippen LogP contribution in [0.15, 0.2) is 0 Å². The van der Waals surface area contributed by atoms with Crippen molar-refractivity contribution in [2.24, 2.45) is 17.4 Å². The summed E-state index contributed by atoms with van der Waals surface area (Å²) in [4.78, 5) is 60.1. The molecule has 0 saturated carbocycles. The van der Waals surface area contributed by atoms with Crippen LogP contribution >= 0.6 is 12.6 Å². The topological polar surface area (TPSA) is 214 Å². The maximum atomic E-state index is 12.8. The molecule has 0 fully saturated rings. The number of carboxylic acids is 2. The van der Waals surface area contributed by atoms with Crippen molar-refractivity contribution in [2.75, 3.05) is 12.3 Å². The first-order valence-corrected chi connectivity index (χ1v) is 11.0. The average Bonchev–Trinajstić information content (AvgIpc) is 2.70. The molecule has 0 aliphatic carbocycles. The highest BCUT2D eigenvalue weighted by Crippen LogP contribution is 2.07. The number of thiol groups is 1. The van der Waals surface area contributed by atoms with Gasteiger partial charge in [-0.3, -0.25) is 19.2 Å². The molecule has 0 heterocycles. The van der Waals surface area contributed by atoms with Gasteiger partial charge in [-0.1, -0.05) is 13.8 Å². The summed E-state index contributed by atoms with van der Waals surface area (Å²) in [6, 6.07) is -4.84. The Morgan fingerprint density at radius 2 is 1.41 bits per heavy atom. The Morgan fingerprint density at radius 3 is 1.88 bits per heavy atom. The Labute approximate surface area is 192 Å². The van der Waals surface area contributed by atoms with Crippen molar-refractivity contribution in [2.45, 2.75) is 70.1 Å². The largest absolute Gasteiger partial charge is 0.481 e. The fourth-order valence-electron chi connectivity index (χ4n) is 2.74. The summed E-state index contributed by atoms with van der Waals surface area (Å²) in [5.41, 5.74) is 11.1. The average molecular weight is 478 g/mol. The Morgan fingerprint density at radius 1 is 0.875 bits per heavy atom. The molecule has 4 atom stereocenters. The lowest BCUT2D eigenvalue weighted by Gasteiger charge is -2.25. The third-order valence-electron chi connectivity index (χ3n) is 4.45. The van der Waals surface area contributed by atoms with Crippen molar-refractivity contribution >= 4 is 42.3 Å². The molecule has 32 heavy (non-hydrogen) atoms. The first kappa shape index (κ1) is 29.6. The molecular weight excluding hydrogens is 442 g/mol. The summed E-state index contributed by atoms with van der Waals surface area (Å²) in [6.07, 6.45) is 0.586. The van der Waals surface area contributed by atoms with Gasteiger partial charge in [-0.25, -0.2) is 4.79 Å². The number of amides is 3. The van der Waals surface area contributed by atoms with Gasteiger partial charge in [0.1, 0.15) is 18.1 Å². The standard InChI is InChI=1S/C19H35N5O7S/c1-10(2)7-14(19(30)31)24-18(29)13(8-15(25)26)23-17(28)12(5-3-4-6-20)22-16(27)11(21)9-32/h10-14,32H,3-9,20-21H2,1-2H3,(H,22,27)(H,23,28)(H,24,29)(H,25,26)(H,30,31). The van der Waals surface area contributed by atoms with Gasteiger partial charge in [-0.15, -0.1) is 0 Å². The second kappa shape index (κ2) is 15.4. The monoisotopic (exact) mass is 477 g/mol. The zero-order valence-electron chi connectivity index (χ0n) is 18.4. The van der Waals surface area contributed by atoms with Gasteiger partial charge in [-0.2, -0.15) is 12.6 Å². The summed E-state index contributed by atoms with van der Waals surface area (Å²) in [5.74, 6) is -5.04. The maximum Gasteiger partial charge on any atom is 0.326 e. The van der Waals surface area contributed by atoms with Gasteiger partial charge in [0.25, 0.3) is 0 Å². The molecule has 0 aromatic carbocycles. The number of carbonyl (C=O) groups excluding carboxylic acids is 3. The van der Waals surface area contributed by atoms with Crippen molar-refractivity contribution in [3.05, 3.63) is 0 Å². The molecule has 0 rings (SSSR count). The third-order valence-corrected chi connectivity index (χ3v) is 4.84. The lowest BCUT2D eigenvalue weighted by atomic mass is 10.0. The molecule has 9 N–H and O–H groups in total. The quantitative estimate of drug-likeness (QED) is 0.0950. The van der Waals surface area contributed by atoms with E-state index in [1.54, 1.807) is 13.8 Å². The summed E-state index contributed by atoms with van der Waals surface area (Å²) in [6.45, 7) is 3.90. The molecule has 0 aliphatic rings. The first-order valence-electron chi connectivity index (χ1n) is 10.3. The molecule has 4 unspecified atom stereocenters. The van der Waals surface area contributed by atoms with Crippen LogP contribution in [0.25, 0.3) is 0 Å². The number of carbonyl (C=O) groups is 5. The van der Waals surface area contributed by atoms with Crippen LogP contribution in [0.2, 0.25) is 0 Å². The highest BCUT2D eigenvalue weighted by Gasteiger charge is 2.31. The molecule has 0 aromatic heterocycles. The van der Waals surface area contributed by atoms with E-state index in [1.165, 1.54) is 0 Å². The number of rotatable bonds is 16. The Bertz CT molecular complexity index is 662. The van der Waals surface area contributed by atoms with Crippen molar-refractivity contribution in [3.8, 4) is 0 Å². The molecule has 0 spiro atoms. The molecule has 12 nitrogen and oxygen atoms in total. The van der Waals surface area contributed by atoms with E-state index in [0.717, 1.165) is 0 Å². The normalized spacial score (nSPS) is 14.7. The third kappa shape index (κ3) is 11.9. The number of hydrogen-bond donors (Lipinski definition) is 8. The van der Waals surface area contributed by atoms with Gasteiger partial charge >= 0.3 is 11.9 Å². The number of carboxylic acid groups (broad SMARTS) is 2. The van der Waals surface area contributed by atoms with Crippen LogP contribution in [0.4, 0.5) is 0 Å². The Balaban J connectivity index is 5.46. The highest BCUT2D eigenvalue weighted by molar-refractivity contribution is 7.80. The predicted molar refractivity (Wildman–Crippen MR) is 120 cm³/mol. The second-order valence-corrected chi connectivity index (χ2v) is 8.19. The van der Waals surface area contributed by atoms with E-state index in [-0.39, 0.29) is 24.5 Å². The summed E-state index contributed by atoms with van der Waals surface area (Å²) >= 11 is 3.94. The van der Waals surface area contributed by atoms with E-state index in [1.807, 2.05) is 0 Å². The van der Waals surface area contributed by atoms with E-state index in [9.17, 15) is 29.1 Å². The number of unbranched alkanes of at least 4 members (excludes halogenated alkanes) is 1. The number of nitrogens with one attached hydrogen (secondary N) is 3. The molecule has 0 saturated heterocycles. The van der Waals surface area contributed by atoms with Gasteiger partial charge in [0.2, 0.25) is 17.7 Å². The van der Waals surface area contributed by atoms with Crippen LogP contribution in [-0.2, 0) is 24.0 Å². The molecule has 0 bridgehead atoms. The van der Waals surface area contributed by atoms with Gasteiger partial charge < -0.3 is 37.6 Å². The van der Waals surface area contributed by atoms with E-state index >= 15 is 0 Å². The minimum absolute atomic E-state index is 0.0411. The van der Waals surface area contributed by atoms with E-state index in [2.05, 4.69) is 28.6 Å². The Hall–Kier alpha value is -2.38. The summed E-state index contributed by atoms with van der Waals surface area (Å²) in [7, 11) is 0. The smallest absolute Gasteiger partial charge is 0.326 e. The molecule has 184 valence electrons. The summed E-state index contributed by atoms with van der Waals surface area (Å²) in [5, 5.41) is 25.5. The molecule has 13 heteroatoms. The van der Waals surface area contributed by atoms with Gasteiger partial charge in [-0.05, 0) is 38.1 Å². The zero-order valence-corrected chi connectivity index (χ0v) is 19.3. The highest BCUT2D eigenvalue weighted by atomic mass is 32.1. The van der Waals surface area contributed by atoms with Crippen molar-refractivity contribution in [3.63, 3.8) is 0 Å².